The summed E-state index contributed by atoms with van der Waals surface area (Å²) in [4.78, 5) is 12.7. The van der Waals surface area contributed by atoms with Gasteiger partial charge in [0, 0.05) is 10.8 Å². The van der Waals surface area contributed by atoms with Crippen LogP contribution in [0, 0.1) is 50.7 Å². The lowest BCUT2D eigenvalue weighted by atomic mass is 9.41. The number of carbonyl (C=O) groups excluding carboxylic acids is 1. The second kappa shape index (κ2) is 9.08. The molecule has 5 aliphatic carbocycles. The molecule has 13 atom stereocenters. The zero-order valence-electron chi connectivity index (χ0n) is 26.8. The van der Waals surface area contributed by atoms with Crippen molar-refractivity contribution in [3.05, 3.63) is 0 Å². The Bertz CT molecular complexity index is 1120. The van der Waals surface area contributed by atoms with Gasteiger partial charge in [-0.15, -0.1) is 0 Å². The Hall–Kier alpha value is -0.930. The summed E-state index contributed by atoms with van der Waals surface area (Å²) < 4.78 is 18.0. The Labute approximate surface area is 251 Å². The van der Waals surface area contributed by atoms with E-state index < -0.39 is 23.9 Å². The summed E-state index contributed by atoms with van der Waals surface area (Å²) in [5.74, 6) is 1.43. The molecule has 238 valence electrons. The smallest absolute Gasteiger partial charge is 0.407 e. The summed E-state index contributed by atoms with van der Waals surface area (Å²) in [6.07, 6.45) is 5.57. The minimum absolute atomic E-state index is 0.0488. The molecule has 1 amide bonds. The van der Waals surface area contributed by atoms with Crippen LogP contribution in [0.5, 0.6) is 0 Å². The van der Waals surface area contributed by atoms with E-state index in [1.54, 1.807) is 13.8 Å². The highest BCUT2D eigenvalue weighted by molar-refractivity contribution is 5.68. The lowest BCUT2D eigenvalue weighted by Gasteiger charge is -2.63. The highest BCUT2D eigenvalue weighted by Crippen LogP contribution is 2.89. The van der Waals surface area contributed by atoms with Gasteiger partial charge in [0.05, 0.1) is 43.2 Å². The van der Waals surface area contributed by atoms with E-state index >= 15 is 0 Å². The van der Waals surface area contributed by atoms with E-state index in [9.17, 15) is 20.1 Å². The molecule has 2 aliphatic heterocycles. The Morgan fingerprint density at radius 2 is 1.69 bits per heavy atom. The van der Waals surface area contributed by atoms with Gasteiger partial charge in [-0.3, -0.25) is 0 Å². The first-order chi connectivity index (χ1) is 19.5. The Balaban J connectivity index is 1.14. The molecule has 2 spiro atoms. The van der Waals surface area contributed by atoms with Crippen LogP contribution >= 0.6 is 0 Å². The quantitative estimate of drug-likeness (QED) is 0.383. The zero-order chi connectivity index (χ0) is 30.3. The minimum atomic E-state index is -1.26. The largest absolute Gasteiger partial charge is 0.446 e. The molecule has 7 rings (SSSR count). The number of aliphatic hydroxyl groups excluding tert-OH is 2. The van der Waals surface area contributed by atoms with Crippen molar-refractivity contribution in [1.29, 1.82) is 0 Å². The van der Waals surface area contributed by atoms with Crippen molar-refractivity contribution in [3.63, 3.8) is 0 Å². The molecule has 13 unspecified atom stereocenters. The van der Waals surface area contributed by atoms with Crippen molar-refractivity contribution >= 4 is 6.09 Å². The molecule has 5 saturated carbocycles. The molecular weight excluding hydrogens is 534 g/mol. The van der Waals surface area contributed by atoms with Crippen molar-refractivity contribution in [2.24, 2.45) is 50.7 Å². The number of ether oxygens (including phenoxy) is 3. The van der Waals surface area contributed by atoms with Crippen LogP contribution in [0.4, 0.5) is 4.79 Å². The maximum atomic E-state index is 12.7. The van der Waals surface area contributed by atoms with Gasteiger partial charge in [0.25, 0.3) is 0 Å². The van der Waals surface area contributed by atoms with E-state index in [-0.39, 0.29) is 63.3 Å². The van der Waals surface area contributed by atoms with Gasteiger partial charge in [0.1, 0.15) is 12.2 Å². The zero-order valence-corrected chi connectivity index (χ0v) is 26.8. The first-order valence-electron chi connectivity index (χ1n) is 16.8. The maximum Gasteiger partial charge on any atom is 0.407 e. The SMILES string of the molecule is CC1CC(C(O)C(C)(C)O)OC2C1C1(C)CCC34CC35CCC(OC(=O)NC3COC3)C(C)(C)C5CCC4C1(C)C2O. The second-order valence-corrected chi connectivity index (χ2v) is 17.4. The van der Waals surface area contributed by atoms with Crippen LogP contribution in [0.15, 0.2) is 0 Å². The molecule has 7 aliphatic rings. The summed E-state index contributed by atoms with van der Waals surface area (Å²) in [7, 11) is 0. The van der Waals surface area contributed by atoms with E-state index in [0.29, 0.717) is 31.5 Å². The standard InChI is InChI=1S/C34H55NO7/c1-18-14-20(26(36)30(4,5)39)41-25-24(18)31(6)12-13-34-17-33(34)11-10-23(42-28(38)35-19-15-40-16-19)29(2,3)21(33)8-9-22(34)32(31,7)27(25)37/h18-27,36-37,39H,8-17H2,1-7H3,(H,35,38). The Morgan fingerprint density at radius 1 is 1.02 bits per heavy atom. The van der Waals surface area contributed by atoms with Crippen molar-refractivity contribution < 1.29 is 34.3 Å². The lowest BCUT2D eigenvalue weighted by molar-refractivity contribution is -0.202. The first kappa shape index (κ1) is 29.8. The topological polar surface area (TPSA) is 117 Å². The monoisotopic (exact) mass is 589 g/mol. The van der Waals surface area contributed by atoms with E-state index in [1.165, 1.54) is 12.8 Å². The number of carbonyl (C=O) groups is 1. The fraction of sp³-hybridized carbons (Fsp3) is 0.971. The van der Waals surface area contributed by atoms with Gasteiger partial charge in [-0.05, 0) is 105 Å². The maximum absolute atomic E-state index is 12.7. The van der Waals surface area contributed by atoms with Gasteiger partial charge in [-0.25, -0.2) is 4.79 Å². The van der Waals surface area contributed by atoms with Crippen molar-refractivity contribution in [3.8, 4) is 0 Å². The molecule has 0 radical (unpaired) electrons. The van der Waals surface area contributed by atoms with Crippen LogP contribution in [0.3, 0.4) is 0 Å². The molecule has 42 heavy (non-hydrogen) atoms. The third-order valence-electron chi connectivity index (χ3n) is 15.1. The summed E-state index contributed by atoms with van der Waals surface area (Å²) in [5.41, 5.74) is -1.22. The van der Waals surface area contributed by atoms with Crippen LogP contribution in [0.2, 0.25) is 0 Å². The molecule has 0 aromatic heterocycles. The van der Waals surface area contributed by atoms with Crippen LogP contribution in [0.1, 0.15) is 99.8 Å². The number of fused-ring (bicyclic) bond motifs is 4. The van der Waals surface area contributed by atoms with Gasteiger partial charge in [-0.2, -0.15) is 0 Å². The number of rotatable bonds is 4. The van der Waals surface area contributed by atoms with Gasteiger partial charge in [0.15, 0.2) is 0 Å². The fourth-order valence-electron chi connectivity index (χ4n) is 12.8. The molecule has 2 heterocycles. The second-order valence-electron chi connectivity index (χ2n) is 17.4. The molecule has 8 nitrogen and oxygen atoms in total. The van der Waals surface area contributed by atoms with Crippen molar-refractivity contribution in [2.75, 3.05) is 13.2 Å². The third kappa shape index (κ3) is 3.62. The van der Waals surface area contributed by atoms with Crippen LogP contribution in [-0.2, 0) is 14.2 Å². The highest BCUT2D eigenvalue weighted by Gasteiger charge is 2.84. The predicted octanol–water partition coefficient (Wildman–Crippen LogP) is 4.43. The average molecular weight is 590 g/mol. The van der Waals surface area contributed by atoms with Gasteiger partial charge in [-0.1, -0.05) is 34.6 Å². The van der Waals surface area contributed by atoms with Crippen LogP contribution in [-0.4, -0.2) is 76.8 Å². The highest BCUT2D eigenvalue weighted by atomic mass is 16.6. The molecule has 0 bridgehead atoms. The lowest BCUT2D eigenvalue weighted by Crippen LogP contribution is -2.60. The van der Waals surface area contributed by atoms with Gasteiger partial charge in [0.2, 0.25) is 0 Å². The van der Waals surface area contributed by atoms with Crippen LogP contribution < -0.4 is 5.32 Å². The van der Waals surface area contributed by atoms with Gasteiger partial charge >= 0.3 is 6.09 Å². The number of aliphatic hydroxyl groups is 3. The van der Waals surface area contributed by atoms with Crippen molar-refractivity contribution in [1.82, 2.24) is 5.32 Å². The van der Waals surface area contributed by atoms with E-state index in [4.69, 9.17) is 14.2 Å². The molecule has 7 fully saturated rings. The summed E-state index contributed by atoms with van der Waals surface area (Å²) >= 11 is 0. The Morgan fingerprint density at radius 3 is 2.33 bits per heavy atom. The molecule has 0 aromatic carbocycles. The fourth-order valence-corrected chi connectivity index (χ4v) is 12.8. The van der Waals surface area contributed by atoms with E-state index in [2.05, 4.69) is 39.9 Å². The number of amides is 1. The van der Waals surface area contributed by atoms with Crippen molar-refractivity contribution in [2.45, 2.75) is 142 Å². The summed E-state index contributed by atoms with van der Waals surface area (Å²) in [6.45, 7) is 16.1. The Kier molecular flexibility index (Phi) is 6.44. The minimum Gasteiger partial charge on any atom is -0.446 e. The molecule has 0 aromatic rings. The summed E-state index contributed by atoms with van der Waals surface area (Å²) in [6, 6.07) is 0.0666. The van der Waals surface area contributed by atoms with E-state index in [1.807, 2.05) is 0 Å². The number of hydrogen-bond acceptors (Lipinski definition) is 7. The van der Waals surface area contributed by atoms with Crippen LogP contribution in [0.25, 0.3) is 0 Å². The number of alkyl carbamates (subject to hydrolysis) is 1. The molecule has 8 heteroatoms. The molecule has 2 saturated heterocycles. The third-order valence-corrected chi connectivity index (χ3v) is 15.1. The predicted molar refractivity (Wildman–Crippen MR) is 156 cm³/mol. The number of hydrogen-bond donors (Lipinski definition) is 4. The average Bonchev–Trinajstić information content (AvgIpc) is 3.51. The molecule has 4 N–H and O–H groups in total. The normalized spacial score (nSPS) is 53.3. The summed E-state index contributed by atoms with van der Waals surface area (Å²) in [5, 5.41) is 36.8. The molecular formula is C34H55NO7. The first-order valence-corrected chi connectivity index (χ1v) is 16.8. The van der Waals surface area contributed by atoms with Gasteiger partial charge < -0.3 is 34.8 Å². The van der Waals surface area contributed by atoms with E-state index in [0.717, 1.165) is 32.1 Å². The number of nitrogens with one attached hydrogen (secondary N) is 1.